The number of aromatic nitrogens is 1. The summed E-state index contributed by atoms with van der Waals surface area (Å²) in [5.41, 5.74) is 1.51. The fraction of sp³-hybridized carbons (Fsp3) is 0.263. The summed E-state index contributed by atoms with van der Waals surface area (Å²) in [6, 6.07) is 12.0. The Kier molecular flexibility index (Phi) is 5.37. The van der Waals surface area contributed by atoms with Gasteiger partial charge in [0.05, 0.1) is 21.5 Å². The second-order valence-electron chi connectivity index (χ2n) is 6.61. The SMILES string of the molecule is O=C(Cc1ccc(Cl)cc1)Nc1nc2ccc(S(=O)(=O)N3CCCC3)cc2s1. The molecule has 6 nitrogen and oxygen atoms in total. The number of nitrogens with one attached hydrogen (secondary N) is 1. The van der Waals surface area contributed by atoms with Gasteiger partial charge in [0.15, 0.2) is 5.13 Å². The highest BCUT2D eigenvalue weighted by Crippen LogP contribution is 2.30. The minimum atomic E-state index is -3.47. The standard InChI is InChI=1S/C19H18ClN3O3S2/c20-14-5-3-13(4-6-14)11-18(24)22-19-21-16-8-7-15(12-17(16)27-19)28(25,26)23-9-1-2-10-23/h3-8,12H,1-2,9-11H2,(H,21,22,24). The maximum Gasteiger partial charge on any atom is 0.243 e. The highest BCUT2D eigenvalue weighted by molar-refractivity contribution is 7.89. The molecule has 28 heavy (non-hydrogen) atoms. The topological polar surface area (TPSA) is 79.4 Å². The second-order valence-corrected chi connectivity index (χ2v) is 10.0. The molecule has 0 bridgehead atoms. The van der Waals surface area contributed by atoms with E-state index in [2.05, 4.69) is 10.3 Å². The van der Waals surface area contributed by atoms with Gasteiger partial charge in [-0.15, -0.1) is 0 Å². The summed E-state index contributed by atoms with van der Waals surface area (Å²) in [6.07, 6.45) is 2.00. The summed E-state index contributed by atoms with van der Waals surface area (Å²) in [6.45, 7) is 1.13. The van der Waals surface area contributed by atoms with Crippen LogP contribution in [0.2, 0.25) is 5.02 Å². The molecule has 9 heteroatoms. The van der Waals surface area contributed by atoms with Crippen molar-refractivity contribution >= 4 is 54.2 Å². The van der Waals surface area contributed by atoms with Crippen LogP contribution in [-0.4, -0.2) is 36.7 Å². The Morgan fingerprint density at radius 3 is 2.57 bits per heavy atom. The number of nitrogens with zero attached hydrogens (tertiary/aromatic N) is 2. The van der Waals surface area contributed by atoms with E-state index in [0.29, 0.717) is 28.8 Å². The van der Waals surface area contributed by atoms with Gasteiger partial charge < -0.3 is 5.32 Å². The molecular formula is C19H18ClN3O3S2. The van der Waals surface area contributed by atoms with E-state index in [1.807, 2.05) is 0 Å². The first-order valence-corrected chi connectivity index (χ1v) is 11.5. The van der Waals surface area contributed by atoms with Gasteiger partial charge in [0.25, 0.3) is 0 Å². The average Bonchev–Trinajstić information content (AvgIpc) is 3.32. The van der Waals surface area contributed by atoms with Gasteiger partial charge in [-0.3, -0.25) is 4.79 Å². The van der Waals surface area contributed by atoms with Gasteiger partial charge in [0.1, 0.15) is 0 Å². The zero-order chi connectivity index (χ0) is 19.7. The summed E-state index contributed by atoms with van der Waals surface area (Å²) in [5.74, 6) is -0.189. The van der Waals surface area contributed by atoms with Crippen molar-refractivity contribution in [2.45, 2.75) is 24.2 Å². The lowest BCUT2D eigenvalue weighted by Gasteiger charge is -2.15. The van der Waals surface area contributed by atoms with Crippen LogP contribution >= 0.6 is 22.9 Å². The fourth-order valence-corrected chi connectivity index (χ4v) is 5.81. The van der Waals surface area contributed by atoms with Crippen molar-refractivity contribution in [3.63, 3.8) is 0 Å². The number of hydrogen-bond donors (Lipinski definition) is 1. The molecule has 2 aromatic carbocycles. The third-order valence-corrected chi connectivity index (χ3v) is 7.67. The number of benzene rings is 2. The monoisotopic (exact) mass is 435 g/mol. The highest BCUT2D eigenvalue weighted by Gasteiger charge is 2.27. The molecule has 1 saturated heterocycles. The molecule has 1 N–H and O–H groups in total. The Hall–Kier alpha value is -2.00. The Labute approximate surface area is 172 Å². The quantitative estimate of drug-likeness (QED) is 0.658. The molecular weight excluding hydrogens is 418 g/mol. The van der Waals surface area contributed by atoms with Crippen molar-refractivity contribution in [1.82, 2.24) is 9.29 Å². The van der Waals surface area contributed by atoms with Crippen molar-refractivity contribution in [2.75, 3.05) is 18.4 Å². The molecule has 3 aromatic rings. The van der Waals surface area contributed by atoms with E-state index >= 15 is 0 Å². The zero-order valence-corrected chi connectivity index (χ0v) is 17.3. The van der Waals surface area contributed by atoms with Crippen LogP contribution in [0.5, 0.6) is 0 Å². The number of thiazole rings is 1. The molecule has 0 aliphatic carbocycles. The molecule has 1 aromatic heterocycles. The third kappa shape index (κ3) is 4.05. The Bertz CT molecular complexity index is 1120. The molecule has 0 spiro atoms. The second kappa shape index (κ2) is 7.79. The van der Waals surface area contributed by atoms with Gasteiger partial charge in [0.2, 0.25) is 15.9 Å². The van der Waals surface area contributed by atoms with Crippen LogP contribution in [0.25, 0.3) is 10.2 Å². The molecule has 0 radical (unpaired) electrons. The molecule has 0 saturated carbocycles. The number of sulfonamides is 1. The van der Waals surface area contributed by atoms with E-state index < -0.39 is 10.0 Å². The van der Waals surface area contributed by atoms with Crippen LogP contribution in [0.15, 0.2) is 47.4 Å². The van der Waals surface area contributed by atoms with Gasteiger partial charge in [-0.05, 0) is 48.7 Å². The number of amides is 1. The van der Waals surface area contributed by atoms with Crippen LogP contribution in [0.3, 0.4) is 0 Å². The lowest BCUT2D eigenvalue weighted by atomic mass is 10.1. The van der Waals surface area contributed by atoms with Crippen LogP contribution in [0, 0.1) is 0 Å². The van der Waals surface area contributed by atoms with Crippen molar-refractivity contribution in [3.8, 4) is 0 Å². The van der Waals surface area contributed by atoms with Crippen LogP contribution in [-0.2, 0) is 21.2 Å². The lowest BCUT2D eigenvalue weighted by Crippen LogP contribution is -2.27. The van der Waals surface area contributed by atoms with E-state index in [1.165, 1.54) is 15.6 Å². The molecule has 4 rings (SSSR count). The van der Waals surface area contributed by atoms with E-state index in [9.17, 15) is 13.2 Å². The largest absolute Gasteiger partial charge is 0.302 e. The fourth-order valence-electron chi connectivity index (χ4n) is 3.15. The Morgan fingerprint density at radius 2 is 1.86 bits per heavy atom. The minimum absolute atomic E-state index is 0.189. The molecule has 146 valence electrons. The molecule has 0 unspecified atom stereocenters. The predicted octanol–water partition coefficient (Wildman–Crippen LogP) is 3.92. The normalized spacial score (nSPS) is 15.2. The van der Waals surface area contributed by atoms with Gasteiger partial charge in [-0.1, -0.05) is 35.1 Å². The number of rotatable bonds is 5. The first-order chi connectivity index (χ1) is 13.4. The number of fused-ring (bicyclic) bond motifs is 1. The van der Waals surface area contributed by atoms with E-state index in [1.54, 1.807) is 42.5 Å². The summed E-state index contributed by atoms with van der Waals surface area (Å²) < 4.78 is 27.7. The summed E-state index contributed by atoms with van der Waals surface area (Å²) >= 11 is 7.12. The van der Waals surface area contributed by atoms with E-state index in [0.717, 1.165) is 23.1 Å². The third-order valence-electron chi connectivity index (χ3n) is 4.59. The summed E-state index contributed by atoms with van der Waals surface area (Å²) in [7, 11) is -3.47. The van der Waals surface area contributed by atoms with Crippen LogP contribution in [0.1, 0.15) is 18.4 Å². The predicted molar refractivity (Wildman–Crippen MR) is 111 cm³/mol. The van der Waals surface area contributed by atoms with Crippen LogP contribution in [0.4, 0.5) is 5.13 Å². The highest BCUT2D eigenvalue weighted by atomic mass is 35.5. The van der Waals surface area contributed by atoms with E-state index in [4.69, 9.17) is 11.6 Å². The van der Waals surface area contributed by atoms with Gasteiger partial charge in [0, 0.05) is 18.1 Å². The molecule has 1 aliphatic heterocycles. The zero-order valence-electron chi connectivity index (χ0n) is 14.9. The molecule has 2 heterocycles. The van der Waals surface area contributed by atoms with Crippen molar-refractivity contribution < 1.29 is 13.2 Å². The lowest BCUT2D eigenvalue weighted by molar-refractivity contribution is -0.115. The van der Waals surface area contributed by atoms with Crippen molar-refractivity contribution in [1.29, 1.82) is 0 Å². The molecule has 1 fully saturated rings. The number of carbonyl (C=O) groups excluding carboxylic acids is 1. The average molecular weight is 436 g/mol. The molecule has 0 atom stereocenters. The molecule has 1 aliphatic rings. The number of anilines is 1. The van der Waals surface area contributed by atoms with Crippen LogP contribution < -0.4 is 5.32 Å². The number of hydrogen-bond acceptors (Lipinski definition) is 5. The summed E-state index contributed by atoms with van der Waals surface area (Å²) in [4.78, 5) is 16.9. The number of halogens is 1. The minimum Gasteiger partial charge on any atom is -0.302 e. The van der Waals surface area contributed by atoms with Gasteiger partial charge in [-0.25, -0.2) is 13.4 Å². The summed E-state index contributed by atoms with van der Waals surface area (Å²) in [5, 5.41) is 3.85. The van der Waals surface area contributed by atoms with Crippen molar-refractivity contribution in [3.05, 3.63) is 53.1 Å². The maximum absolute atomic E-state index is 12.7. The Balaban J connectivity index is 1.51. The van der Waals surface area contributed by atoms with Gasteiger partial charge >= 0.3 is 0 Å². The smallest absolute Gasteiger partial charge is 0.243 e. The first kappa shape index (κ1) is 19.3. The van der Waals surface area contributed by atoms with Gasteiger partial charge in [-0.2, -0.15) is 4.31 Å². The van der Waals surface area contributed by atoms with Crippen molar-refractivity contribution in [2.24, 2.45) is 0 Å². The van der Waals surface area contributed by atoms with E-state index in [-0.39, 0.29) is 17.2 Å². The molecule has 1 amide bonds. The number of carbonyl (C=O) groups is 1. The Morgan fingerprint density at radius 1 is 1.14 bits per heavy atom. The first-order valence-electron chi connectivity index (χ1n) is 8.87. The maximum atomic E-state index is 12.7.